The Morgan fingerprint density at radius 3 is 0.735 bits per heavy atom. The predicted octanol–water partition coefficient (Wildman–Crippen LogP) is 28.2. The fourth-order valence-corrected chi connectivity index (χ4v) is 13.5. The predicted molar refractivity (Wildman–Crippen MR) is 491 cm³/mol. The highest BCUT2D eigenvalue weighted by atomic mass is 31.2. The van der Waals surface area contributed by atoms with Crippen molar-refractivity contribution >= 4 is 33.6 Å². The zero-order valence-corrected chi connectivity index (χ0v) is 75.1. The largest absolute Gasteiger partial charge is 0.472 e. The van der Waals surface area contributed by atoms with Gasteiger partial charge in [0.25, 0.3) is 0 Å². The first-order valence-electron chi connectivity index (χ1n) is 45.7. The van der Waals surface area contributed by atoms with Gasteiger partial charge in [0.15, 0.2) is 6.10 Å². The molecule has 666 valence electrons. The summed E-state index contributed by atoms with van der Waals surface area (Å²) in [6.45, 7) is 2.39. The minimum Gasteiger partial charge on any atom is -0.463 e. The molecule has 5 atom stereocenters. The first-order chi connectivity index (χ1) is 57.2. The van der Waals surface area contributed by atoms with Crippen LogP contribution in [-0.4, -0.2) is 95.9 Å². The van der Waals surface area contributed by atoms with Crippen molar-refractivity contribution in [1.29, 1.82) is 0 Å². The number of aliphatic hydroxyl groups is 2. The molecule has 0 aliphatic rings. The van der Waals surface area contributed by atoms with E-state index in [4.69, 9.17) is 32.3 Å². The summed E-state index contributed by atoms with van der Waals surface area (Å²) in [6.07, 6.45) is 119. The molecule has 0 spiro atoms. The molecule has 0 saturated heterocycles. The Kier molecular flexibility index (Phi) is 85.3. The van der Waals surface area contributed by atoms with Crippen LogP contribution in [0.25, 0.3) is 0 Å². The number of phosphoric acid groups is 2. The SMILES string of the molecule is CC/C=C\C/C=C\C/C=C\C/C=C\C/C=C\C/C=C\CCCCCCCCCCCCCCCCCCC(=O)OCC(O)COP(=O)(O)OCC(O)COP(=O)(O)OCC(COC(=O)CCCCCCCCCCC/C=C\C/C=C\C/C=C\C/C=C\CCCCC)OC(=O)CCCC/C=C\C/C=C\C/C=C\C/C=C\C/C=C\C/C=C\CC. The van der Waals surface area contributed by atoms with Gasteiger partial charge in [-0.2, -0.15) is 0 Å². The summed E-state index contributed by atoms with van der Waals surface area (Å²) in [4.78, 5) is 58.9. The van der Waals surface area contributed by atoms with E-state index >= 15 is 0 Å². The van der Waals surface area contributed by atoms with E-state index in [1.165, 1.54) is 135 Å². The first kappa shape index (κ1) is 111. The number of aliphatic hydroxyl groups excluding tert-OH is 2. The fraction of sp³-hybridized carbons (Fsp3) is 0.646. The van der Waals surface area contributed by atoms with Crippen molar-refractivity contribution in [2.45, 2.75) is 373 Å². The van der Waals surface area contributed by atoms with Gasteiger partial charge in [-0.3, -0.25) is 32.5 Å². The second-order valence-electron chi connectivity index (χ2n) is 30.0. The van der Waals surface area contributed by atoms with Gasteiger partial charge in [0.1, 0.15) is 25.4 Å². The second-order valence-corrected chi connectivity index (χ2v) is 32.9. The van der Waals surface area contributed by atoms with Crippen molar-refractivity contribution in [2.24, 2.45) is 0 Å². The number of unbranched alkanes of at least 4 members (excludes halogenated alkanes) is 30. The Morgan fingerprint density at radius 1 is 0.248 bits per heavy atom. The van der Waals surface area contributed by atoms with E-state index in [0.717, 1.165) is 154 Å². The molecule has 0 fully saturated rings. The molecule has 0 bridgehead atoms. The summed E-state index contributed by atoms with van der Waals surface area (Å²) in [5.74, 6) is -1.63. The maximum atomic E-state index is 13.0. The van der Waals surface area contributed by atoms with Crippen LogP contribution in [0.3, 0.4) is 0 Å². The Balaban J connectivity index is 4.58. The molecule has 0 aliphatic carbocycles. The van der Waals surface area contributed by atoms with Crippen LogP contribution in [-0.2, 0) is 55.8 Å². The van der Waals surface area contributed by atoms with Gasteiger partial charge in [0.2, 0.25) is 0 Å². The number of allylic oxidation sites excluding steroid dienone is 32. The van der Waals surface area contributed by atoms with Crippen molar-refractivity contribution in [2.75, 3.05) is 39.6 Å². The zero-order chi connectivity index (χ0) is 85.1. The van der Waals surface area contributed by atoms with Crippen LogP contribution in [0.1, 0.15) is 355 Å². The summed E-state index contributed by atoms with van der Waals surface area (Å²) in [5.41, 5.74) is 0. The fourth-order valence-electron chi connectivity index (χ4n) is 11.9. The molecule has 4 N–H and O–H groups in total. The van der Waals surface area contributed by atoms with Crippen molar-refractivity contribution in [3.63, 3.8) is 0 Å². The topological polar surface area (TPSA) is 231 Å². The lowest BCUT2D eigenvalue weighted by Crippen LogP contribution is -2.30. The lowest BCUT2D eigenvalue weighted by molar-refractivity contribution is -0.161. The zero-order valence-electron chi connectivity index (χ0n) is 73.3. The van der Waals surface area contributed by atoms with Crippen LogP contribution in [0.2, 0.25) is 0 Å². The summed E-state index contributed by atoms with van der Waals surface area (Å²) in [5, 5.41) is 20.7. The summed E-state index contributed by atoms with van der Waals surface area (Å²) >= 11 is 0. The highest BCUT2D eigenvalue weighted by Gasteiger charge is 2.29. The third kappa shape index (κ3) is 91.0. The van der Waals surface area contributed by atoms with Gasteiger partial charge in [-0.25, -0.2) is 9.13 Å². The first-order valence-corrected chi connectivity index (χ1v) is 48.7. The van der Waals surface area contributed by atoms with Crippen LogP contribution in [0.15, 0.2) is 194 Å². The monoisotopic (exact) mass is 1670 g/mol. The van der Waals surface area contributed by atoms with Gasteiger partial charge in [0.05, 0.1) is 26.4 Å². The minimum atomic E-state index is -4.96. The van der Waals surface area contributed by atoms with Crippen LogP contribution in [0.4, 0.5) is 0 Å². The van der Waals surface area contributed by atoms with Crippen LogP contribution < -0.4 is 0 Å². The molecule has 0 aromatic heterocycles. The van der Waals surface area contributed by atoms with E-state index in [2.05, 4.69) is 215 Å². The molecule has 5 unspecified atom stereocenters. The molecular formula is C99H164O16P2. The van der Waals surface area contributed by atoms with Gasteiger partial charge in [-0.05, 0) is 167 Å². The number of rotatable bonds is 85. The van der Waals surface area contributed by atoms with E-state index in [9.17, 15) is 43.5 Å². The average molecular weight is 1670 g/mol. The maximum Gasteiger partial charge on any atom is 0.472 e. The lowest BCUT2D eigenvalue weighted by atomic mass is 10.0. The molecule has 0 aliphatic heterocycles. The van der Waals surface area contributed by atoms with Gasteiger partial charge < -0.3 is 34.2 Å². The van der Waals surface area contributed by atoms with E-state index in [-0.39, 0.29) is 19.3 Å². The number of esters is 3. The number of carbonyl (C=O) groups excluding carboxylic acids is 3. The molecule has 0 aromatic rings. The number of hydrogen-bond acceptors (Lipinski definition) is 14. The maximum absolute atomic E-state index is 13.0. The number of hydrogen-bond donors (Lipinski definition) is 4. The van der Waals surface area contributed by atoms with Crippen molar-refractivity contribution in [3.05, 3.63) is 194 Å². The third-order valence-electron chi connectivity index (χ3n) is 18.8. The van der Waals surface area contributed by atoms with E-state index in [0.29, 0.717) is 25.7 Å². The quantitative estimate of drug-likeness (QED) is 0.0146. The Bertz CT molecular complexity index is 2910. The number of phosphoric ester groups is 2. The summed E-state index contributed by atoms with van der Waals surface area (Å²) < 4.78 is 61.4. The van der Waals surface area contributed by atoms with Gasteiger partial charge in [-0.1, -0.05) is 363 Å². The Labute approximate surface area is 712 Å². The smallest absolute Gasteiger partial charge is 0.463 e. The van der Waals surface area contributed by atoms with Gasteiger partial charge in [0, 0.05) is 19.3 Å². The summed E-state index contributed by atoms with van der Waals surface area (Å²) in [7, 11) is -9.83. The third-order valence-corrected chi connectivity index (χ3v) is 20.7. The van der Waals surface area contributed by atoms with Crippen molar-refractivity contribution in [3.8, 4) is 0 Å². The van der Waals surface area contributed by atoms with Crippen molar-refractivity contribution in [1.82, 2.24) is 0 Å². The highest BCUT2D eigenvalue weighted by Crippen LogP contribution is 2.45. The Hall–Kier alpha value is -5.61. The molecule has 0 rings (SSSR count). The lowest BCUT2D eigenvalue weighted by Gasteiger charge is -2.21. The molecular weight excluding hydrogens is 1510 g/mol. The van der Waals surface area contributed by atoms with E-state index < -0.39 is 91.5 Å². The van der Waals surface area contributed by atoms with E-state index in [1.54, 1.807) is 0 Å². The highest BCUT2D eigenvalue weighted by molar-refractivity contribution is 7.47. The minimum absolute atomic E-state index is 0.0420. The molecule has 0 heterocycles. The van der Waals surface area contributed by atoms with E-state index in [1.807, 2.05) is 0 Å². The normalized spacial score (nSPS) is 14.7. The average Bonchev–Trinajstić information content (AvgIpc) is 0.900. The molecule has 0 amide bonds. The second kappa shape index (κ2) is 89.6. The molecule has 18 heteroatoms. The standard InChI is InChI=1S/C99H164O16P2/c1-4-7-10-13-16-19-22-25-28-31-34-37-39-41-42-43-44-45-46-47-48-49-50-52-54-56-58-61-64-67-70-73-76-79-82-85-97(102)109-88-94(100)89-111-116(105,106)112-90-95(101)91-113-117(107,108)114-93-96(115-99(104)87-84-81-78-75-72-69-66-63-60-55-36-33-30-27-24-21-18-15-12-9-6-3)92-110-98(103)86-83-80-77-74-71-68-65-62-59-57-53-51-40-38-35-32-29-26-23-20-17-14-11-8-5-2/h7,9-10,12,16-21,25-30,34-38,41-42,44-45,51,53,55,63,66,72,75,94-96,100-101H,4-6,8,11,13-15,22-24,31-33,39-40,43,46-50,52,54,56-62,64-65,67-71,73-74,76-93H2,1-3H3,(H,105,106)(H,107,108)/b10-7-,12-9-,19-16-,20-17-,21-18-,28-25-,29-26-,30-27-,37-34-,38-35-,42-41-,45-44-,53-51-,55-36-,66-63-,75-72-. The number of ether oxygens (including phenoxy) is 3. The molecule has 0 saturated carbocycles. The van der Waals surface area contributed by atoms with Gasteiger partial charge >= 0.3 is 33.6 Å². The van der Waals surface area contributed by atoms with Crippen molar-refractivity contribution < 1.29 is 75.8 Å². The summed E-state index contributed by atoms with van der Waals surface area (Å²) in [6, 6.07) is 0. The Morgan fingerprint density at radius 2 is 0.453 bits per heavy atom. The van der Waals surface area contributed by atoms with Crippen LogP contribution >= 0.6 is 15.6 Å². The molecule has 117 heavy (non-hydrogen) atoms. The molecule has 0 radical (unpaired) electrons. The number of carbonyl (C=O) groups is 3. The van der Waals surface area contributed by atoms with Gasteiger partial charge in [-0.15, -0.1) is 0 Å². The molecule has 0 aromatic carbocycles. The molecule has 16 nitrogen and oxygen atoms in total. The van der Waals surface area contributed by atoms with Crippen LogP contribution in [0.5, 0.6) is 0 Å². The van der Waals surface area contributed by atoms with Crippen LogP contribution in [0, 0.1) is 0 Å².